The predicted octanol–water partition coefficient (Wildman–Crippen LogP) is 13.9. The van der Waals surface area contributed by atoms with E-state index in [1.807, 2.05) is 53.8 Å². The van der Waals surface area contributed by atoms with Gasteiger partial charge in [-0.2, -0.15) is 0 Å². The quantitative estimate of drug-likeness (QED) is 0.181. The topological polar surface area (TPSA) is 65.0 Å². The van der Waals surface area contributed by atoms with E-state index in [1.54, 1.807) is 0 Å². The number of nitrogens with zero attached hydrogens (tertiary/aromatic N) is 3. The van der Waals surface area contributed by atoms with Gasteiger partial charge >= 0.3 is 0 Å². The maximum Gasteiger partial charge on any atom is 0.167 e. The summed E-state index contributed by atoms with van der Waals surface area (Å²) in [6, 6.07) is 56.7. The molecule has 12 aromatic rings. The van der Waals surface area contributed by atoms with Crippen LogP contribution < -0.4 is 0 Å². The molecule has 4 aromatic heterocycles. The second-order valence-corrected chi connectivity index (χ2v) is 15.0. The van der Waals surface area contributed by atoms with Gasteiger partial charge in [-0.05, 0) is 64.4 Å². The lowest BCUT2D eigenvalue weighted by Gasteiger charge is -2.11. The molecule has 0 unspecified atom stereocenters. The Morgan fingerprint density at radius 2 is 0.945 bits per heavy atom. The Kier molecular flexibility index (Phi) is 6.44. The van der Waals surface area contributed by atoms with Crippen molar-refractivity contribution in [2.75, 3.05) is 0 Å². The minimum atomic E-state index is 0.539. The molecule has 0 radical (unpaired) electrons. The van der Waals surface area contributed by atoms with Crippen molar-refractivity contribution >= 4 is 86.2 Å². The van der Waals surface area contributed by atoms with E-state index in [2.05, 4.69) is 121 Å². The van der Waals surface area contributed by atoms with Gasteiger partial charge in [0, 0.05) is 52.8 Å². The van der Waals surface area contributed by atoms with Crippen molar-refractivity contribution in [2.45, 2.75) is 0 Å². The Hall–Kier alpha value is -7.15. The summed E-state index contributed by atoms with van der Waals surface area (Å²) in [7, 11) is 0. The van der Waals surface area contributed by atoms with Gasteiger partial charge in [-0.1, -0.05) is 121 Å². The molecule has 0 aliphatic rings. The number of aromatic nitrogens is 3. The number of para-hydroxylation sites is 2. The van der Waals surface area contributed by atoms with Crippen LogP contribution in [0, 0.1) is 0 Å². The lowest BCUT2D eigenvalue weighted by Crippen LogP contribution is -2.00. The van der Waals surface area contributed by atoms with Crippen LogP contribution in [-0.4, -0.2) is 15.0 Å². The Labute approximate surface area is 317 Å². The SMILES string of the molecule is c1ccc2cc(-c3nc(-c4cccc5c4oc4ccccc45)nc(-c4cccc5oc6cccc(-c7cccc8sc9ccccc9c78)c6c45)n3)ccc2c1. The van der Waals surface area contributed by atoms with Gasteiger partial charge in [0.15, 0.2) is 17.5 Å². The summed E-state index contributed by atoms with van der Waals surface area (Å²) in [5.74, 6) is 1.68. The van der Waals surface area contributed by atoms with Crippen molar-refractivity contribution in [2.24, 2.45) is 0 Å². The molecule has 55 heavy (non-hydrogen) atoms. The van der Waals surface area contributed by atoms with E-state index in [4.69, 9.17) is 23.8 Å². The minimum absolute atomic E-state index is 0.539. The first-order valence-electron chi connectivity index (χ1n) is 18.3. The molecule has 0 aliphatic carbocycles. The zero-order valence-electron chi connectivity index (χ0n) is 29.2. The summed E-state index contributed by atoms with van der Waals surface area (Å²) < 4.78 is 15.7. The van der Waals surface area contributed by atoms with Crippen molar-refractivity contribution in [1.29, 1.82) is 0 Å². The number of benzene rings is 8. The van der Waals surface area contributed by atoms with Gasteiger partial charge < -0.3 is 8.83 Å². The van der Waals surface area contributed by atoms with Gasteiger partial charge in [-0.15, -0.1) is 11.3 Å². The Balaban J connectivity index is 1.15. The number of furan rings is 2. The van der Waals surface area contributed by atoms with Crippen molar-refractivity contribution < 1.29 is 8.83 Å². The molecule has 0 saturated carbocycles. The molecule has 6 heteroatoms. The van der Waals surface area contributed by atoms with E-state index in [9.17, 15) is 0 Å². The highest BCUT2D eigenvalue weighted by Gasteiger charge is 2.23. The predicted molar refractivity (Wildman–Crippen MR) is 227 cm³/mol. The molecule has 0 amide bonds. The molecule has 0 N–H and O–H groups in total. The van der Waals surface area contributed by atoms with Gasteiger partial charge in [0.1, 0.15) is 22.3 Å². The lowest BCUT2D eigenvalue weighted by molar-refractivity contribution is 0.668. The molecular weight excluding hydrogens is 695 g/mol. The number of fused-ring (bicyclic) bond motifs is 10. The van der Waals surface area contributed by atoms with Crippen LogP contribution in [-0.2, 0) is 0 Å². The van der Waals surface area contributed by atoms with Crippen molar-refractivity contribution in [1.82, 2.24) is 15.0 Å². The minimum Gasteiger partial charge on any atom is -0.456 e. The normalized spacial score (nSPS) is 12.0. The molecule has 4 heterocycles. The first-order chi connectivity index (χ1) is 27.2. The summed E-state index contributed by atoms with van der Waals surface area (Å²) in [4.78, 5) is 15.7. The van der Waals surface area contributed by atoms with E-state index in [1.165, 1.54) is 25.7 Å². The maximum absolute atomic E-state index is 6.64. The molecule has 12 rings (SSSR count). The second-order valence-electron chi connectivity index (χ2n) is 13.9. The van der Waals surface area contributed by atoms with E-state index in [0.717, 1.165) is 76.9 Å². The van der Waals surface area contributed by atoms with Crippen LogP contribution in [0.4, 0.5) is 0 Å². The Morgan fingerprint density at radius 1 is 0.364 bits per heavy atom. The third-order valence-electron chi connectivity index (χ3n) is 10.7. The van der Waals surface area contributed by atoms with Crippen LogP contribution in [0.5, 0.6) is 0 Å². The summed E-state index contributed by atoms with van der Waals surface area (Å²) in [6.45, 7) is 0. The van der Waals surface area contributed by atoms with E-state index in [-0.39, 0.29) is 0 Å². The van der Waals surface area contributed by atoms with Crippen LogP contribution in [0.15, 0.2) is 173 Å². The third kappa shape index (κ3) is 4.62. The smallest absolute Gasteiger partial charge is 0.167 e. The highest BCUT2D eigenvalue weighted by Crippen LogP contribution is 2.46. The van der Waals surface area contributed by atoms with Crippen molar-refractivity contribution in [3.05, 3.63) is 164 Å². The number of rotatable bonds is 4. The van der Waals surface area contributed by atoms with Crippen molar-refractivity contribution in [3.8, 4) is 45.3 Å². The summed E-state index contributed by atoms with van der Waals surface area (Å²) in [6.07, 6.45) is 0. The van der Waals surface area contributed by atoms with Crippen LogP contribution in [0.25, 0.3) is 120 Å². The number of hydrogen-bond donors (Lipinski definition) is 0. The van der Waals surface area contributed by atoms with Crippen LogP contribution >= 0.6 is 11.3 Å². The molecular formula is C49H27N3O2S. The highest BCUT2D eigenvalue weighted by molar-refractivity contribution is 7.25. The highest BCUT2D eigenvalue weighted by atomic mass is 32.1. The van der Waals surface area contributed by atoms with Crippen LogP contribution in [0.3, 0.4) is 0 Å². The lowest BCUT2D eigenvalue weighted by atomic mass is 9.94. The fourth-order valence-corrected chi connectivity index (χ4v) is 9.41. The molecule has 0 spiro atoms. The van der Waals surface area contributed by atoms with Gasteiger partial charge in [0.05, 0.1) is 5.56 Å². The molecule has 0 saturated heterocycles. The molecule has 5 nitrogen and oxygen atoms in total. The molecule has 0 fully saturated rings. The van der Waals surface area contributed by atoms with Gasteiger partial charge in [-0.25, -0.2) is 15.0 Å². The van der Waals surface area contributed by atoms with Crippen LogP contribution in [0.1, 0.15) is 0 Å². The zero-order valence-corrected chi connectivity index (χ0v) is 30.0. The Bertz CT molecular complexity index is 3520. The van der Waals surface area contributed by atoms with Gasteiger partial charge in [-0.3, -0.25) is 0 Å². The molecule has 0 atom stereocenters. The zero-order chi connectivity index (χ0) is 36.0. The monoisotopic (exact) mass is 721 g/mol. The standard InChI is InChI=1S/C49H27N3O2S/c1-2-12-29-27-30(26-25-28(29)11-1)47-50-48(52-49(51-47)37-19-7-17-34-31-13-3-5-20-38(31)54-46(34)37)36-18-9-22-40-45(36)44-33(15-8-21-39(44)53-40)32-16-10-24-42-43(32)35-14-4-6-23-41(35)55-42/h1-27H. The summed E-state index contributed by atoms with van der Waals surface area (Å²) in [5, 5.41) is 8.85. The molecule has 0 aliphatic heterocycles. The van der Waals surface area contributed by atoms with Crippen molar-refractivity contribution in [3.63, 3.8) is 0 Å². The summed E-state index contributed by atoms with van der Waals surface area (Å²) >= 11 is 1.82. The molecule has 8 aromatic carbocycles. The maximum atomic E-state index is 6.64. The largest absolute Gasteiger partial charge is 0.456 e. The first-order valence-corrected chi connectivity index (χ1v) is 19.1. The fourth-order valence-electron chi connectivity index (χ4n) is 8.27. The first kappa shape index (κ1) is 30.3. The fraction of sp³-hybridized carbons (Fsp3) is 0. The number of hydrogen-bond acceptors (Lipinski definition) is 6. The average Bonchev–Trinajstić information content (AvgIpc) is 3.95. The summed E-state index contributed by atoms with van der Waals surface area (Å²) in [5.41, 5.74) is 8.01. The second kappa shape index (κ2) is 11.7. The third-order valence-corrected chi connectivity index (χ3v) is 11.9. The van der Waals surface area contributed by atoms with Gasteiger partial charge in [0.2, 0.25) is 0 Å². The molecule has 0 bridgehead atoms. The van der Waals surface area contributed by atoms with Crippen LogP contribution in [0.2, 0.25) is 0 Å². The van der Waals surface area contributed by atoms with E-state index >= 15 is 0 Å². The number of thiophene rings is 1. The molecule has 256 valence electrons. The average molecular weight is 722 g/mol. The van der Waals surface area contributed by atoms with E-state index in [0.29, 0.717) is 17.5 Å². The van der Waals surface area contributed by atoms with E-state index < -0.39 is 0 Å². The Morgan fingerprint density at radius 3 is 1.82 bits per heavy atom. The van der Waals surface area contributed by atoms with Gasteiger partial charge in [0.25, 0.3) is 0 Å².